The van der Waals surface area contributed by atoms with Gasteiger partial charge in [-0.15, -0.1) is 11.3 Å². The number of anilines is 1. The number of nitrogens with zero attached hydrogens (tertiary/aromatic N) is 1. The number of likely N-dealkylation sites (N-methyl/N-ethyl adjacent to an activating group) is 1. The number of hydrogen-bond acceptors (Lipinski definition) is 4. The molecule has 1 heterocycles. The summed E-state index contributed by atoms with van der Waals surface area (Å²) in [4.78, 5) is 29.1. The van der Waals surface area contributed by atoms with Crippen molar-refractivity contribution in [2.75, 3.05) is 25.5 Å². The SMILES string of the molecule is CCN(CC(=O)Nc1ccccc1OC)C(=O)c1cc2c(s1)CCCCC2. The average molecular weight is 387 g/mol. The number of fused-ring (bicyclic) bond motifs is 1. The second kappa shape index (κ2) is 9.04. The zero-order chi connectivity index (χ0) is 19.2. The normalized spacial score (nSPS) is 13.4. The summed E-state index contributed by atoms with van der Waals surface area (Å²) in [5.41, 5.74) is 1.92. The number of hydrogen-bond donors (Lipinski definition) is 1. The third kappa shape index (κ3) is 4.69. The maximum atomic E-state index is 12.9. The van der Waals surface area contributed by atoms with E-state index in [2.05, 4.69) is 5.32 Å². The molecular formula is C21H26N2O3S. The van der Waals surface area contributed by atoms with Gasteiger partial charge in [-0.2, -0.15) is 0 Å². The van der Waals surface area contributed by atoms with E-state index in [9.17, 15) is 9.59 Å². The Morgan fingerprint density at radius 1 is 1.19 bits per heavy atom. The molecule has 0 saturated heterocycles. The van der Waals surface area contributed by atoms with E-state index in [1.807, 2.05) is 25.1 Å². The summed E-state index contributed by atoms with van der Waals surface area (Å²) in [5.74, 6) is 0.306. The number of methoxy groups -OCH3 is 1. The number of rotatable bonds is 6. The summed E-state index contributed by atoms with van der Waals surface area (Å²) in [6.45, 7) is 2.41. The van der Waals surface area contributed by atoms with Crippen LogP contribution < -0.4 is 10.1 Å². The zero-order valence-electron chi connectivity index (χ0n) is 15.9. The van der Waals surface area contributed by atoms with E-state index in [1.54, 1.807) is 35.5 Å². The van der Waals surface area contributed by atoms with Crippen molar-refractivity contribution in [1.29, 1.82) is 0 Å². The zero-order valence-corrected chi connectivity index (χ0v) is 16.7. The molecule has 0 bridgehead atoms. The summed E-state index contributed by atoms with van der Waals surface area (Å²) >= 11 is 1.59. The molecule has 6 heteroatoms. The number of para-hydroxylation sites is 2. The van der Waals surface area contributed by atoms with E-state index in [4.69, 9.17) is 4.74 Å². The molecule has 0 fully saturated rings. The molecular weight excluding hydrogens is 360 g/mol. The van der Waals surface area contributed by atoms with Gasteiger partial charge in [-0.05, 0) is 56.4 Å². The van der Waals surface area contributed by atoms with Crippen LogP contribution in [0, 0.1) is 0 Å². The lowest BCUT2D eigenvalue weighted by molar-refractivity contribution is -0.116. The van der Waals surface area contributed by atoms with Crippen molar-refractivity contribution in [3.05, 3.63) is 45.6 Å². The Labute approximate surface area is 164 Å². The van der Waals surface area contributed by atoms with Crippen molar-refractivity contribution in [2.45, 2.75) is 39.0 Å². The lowest BCUT2D eigenvalue weighted by atomic mass is 10.1. The highest BCUT2D eigenvalue weighted by atomic mass is 32.1. The monoisotopic (exact) mass is 386 g/mol. The van der Waals surface area contributed by atoms with Crippen LogP contribution >= 0.6 is 11.3 Å². The number of benzene rings is 1. The first-order chi connectivity index (χ1) is 13.1. The molecule has 1 aliphatic rings. The molecule has 2 amide bonds. The minimum absolute atomic E-state index is 0.0238. The Morgan fingerprint density at radius 2 is 1.96 bits per heavy atom. The van der Waals surface area contributed by atoms with Crippen LogP contribution in [0.4, 0.5) is 5.69 Å². The van der Waals surface area contributed by atoms with Gasteiger partial charge in [-0.3, -0.25) is 9.59 Å². The van der Waals surface area contributed by atoms with Crippen LogP contribution in [0.25, 0.3) is 0 Å². The van der Waals surface area contributed by atoms with Gasteiger partial charge in [0, 0.05) is 11.4 Å². The van der Waals surface area contributed by atoms with E-state index in [0.29, 0.717) is 18.0 Å². The van der Waals surface area contributed by atoms with Gasteiger partial charge < -0.3 is 15.0 Å². The second-order valence-electron chi connectivity index (χ2n) is 6.69. The molecule has 2 aromatic rings. The fourth-order valence-electron chi connectivity index (χ4n) is 3.37. The molecule has 0 saturated carbocycles. The van der Waals surface area contributed by atoms with Crippen molar-refractivity contribution in [3.63, 3.8) is 0 Å². The van der Waals surface area contributed by atoms with Crippen molar-refractivity contribution < 1.29 is 14.3 Å². The van der Waals surface area contributed by atoms with Crippen LogP contribution in [0.15, 0.2) is 30.3 Å². The fourth-order valence-corrected chi connectivity index (χ4v) is 4.59. The van der Waals surface area contributed by atoms with Crippen molar-refractivity contribution >= 4 is 28.8 Å². The van der Waals surface area contributed by atoms with Crippen LogP contribution in [0.1, 0.15) is 46.3 Å². The predicted molar refractivity (Wildman–Crippen MR) is 109 cm³/mol. The summed E-state index contributed by atoms with van der Waals surface area (Å²) < 4.78 is 5.26. The summed E-state index contributed by atoms with van der Waals surface area (Å²) in [5, 5.41) is 2.84. The number of aryl methyl sites for hydroxylation is 2. The van der Waals surface area contributed by atoms with Gasteiger partial charge in [0.15, 0.2) is 0 Å². The minimum atomic E-state index is -0.229. The van der Waals surface area contributed by atoms with Crippen LogP contribution in [0.3, 0.4) is 0 Å². The van der Waals surface area contributed by atoms with Crippen LogP contribution in [-0.2, 0) is 17.6 Å². The van der Waals surface area contributed by atoms with Crippen LogP contribution in [0.5, 0.6) is 5.75 Å². The summed E-state index contributed by atoms with van der Waals surface area (Å²) in [6, 6.07) is 9.29. The molecule has 0 radical (unpaired) electrons. The van der Waals surface area contributed by atoms with E-state index in [0.717, 1.165) is 17.7 Å². The van der Waals surface area contributed by atoms with Gasteiger partial charge >= 0.3 is 0 Å². The lowest BCUT2D eigenvalue weighted by Gasteiger charge is -2.20. The predicted octanol–water partition coefficient (Wildman–Crippen LogP) is 4.13. The molecule has 1 aliphatic carbocycles. The molecule has 3 rings (SSSR count). The van der Waals surface area contributed by atoms with E-state index in [1.165, 1.54) is 29.7 Å². The number of thiophene rings is 1. The lowest BCUT2D eigenvalue weighted by Crippen LogP contribution is -2.37. The number of ether oxygens (including phenoxy) is 1. The number of carbonyl (C=O) groups excluding carboxylic acids is 2. The van der Waals surface area contributed by atoms with Gasteiger partial charge in [0.25, 0.3) is 5.91 Å². The third-order valence-electron chi connectivity index (χ3n) is 4.84. The van der Waals surface area contributed by atoms with E-state index >= 15 is 0 Å². The Kier molecular flexibility index (Phi) is 6.50. The summed E-state index contributed by atoms with van der Waals surface area (Å²) in [7, 11) is 1.56. The van der Waals surface area contributed by atoms with Gasteiger partial charge in [0.1, 0.15) is 12.3 Å². The third-order valence-corrected chi connectivity index (χ3v) is 6.07. The van der Waals surface area contributed by atoms with E-state index in [-0.39, 0.29) is 18.4 Å². The maximum absolute atomic E-state index is 12.9. The topological polar surface area (TPSA) is 58.6 Å². The molecule has 1 aromatic heterocycles. The quantitative estimate of drug-likeness (QED) is 0.760. The highest BCUT2D eigenvalue weighted by Crippen LogP contribution is 2.30. The van der Waals surface area contributed by atoms with Gasteiger partial charge in [0.2, 0.25) is 5.91 Å². The van der Waals surface area contributed by atoms with Crippen molar-refractivity contribution in [2.24, 2.45) is 0 Å². The molecule has 0 atom stereocenters. The first-order valence-corrected chi connectivity index (χ1v) is 10.3. The highest BCUT2D eigenvalue weighted by Gasteiger charge is 2.22. The maximum Gasteiger partial charge on any atom is 0.264 e. The molecule has 0 spiro atoms. The number of nitrogens with one attached hydrogen (secondary N) is 1. The summed E-state index contributed by atoms with van der Waals surface area (Å²) in [6.07, 6.45) is 5.76. The molecule has 1 aromatic carbocycles. The molecule has 144 valence electrons. The minimum Gasteiger partial charge on any atom is -0.495 e. The smallest absolute Gasteiger partial charge is 0.264 e. The fraction of sp³-hybridized carbons (Fsp3) is 0.429. The number of carbonyl (C=O) groups is 2. The number of amides is 2. The largest absolute Gasteiger partial charge is 0.495 e. The molecule has 1 N–H and O–H groups in total. The Hall–Kier alpha value is -2.34. The Bertz CT molecular complexity index is 792. The Balaban J connectivity index is 1.67. The van der Waals surface area contributed by atoms with Crippen molar-refractivity contribution in [1.82, 2.24) is 4.90 Å². The Morgan fingerprint density at radius 3 is 2.74 bits per heavy atom. The van der Waals surface area contributed by atoms with Gasteiger partial charge in [0.05, 0.1) is 17.7 Å². The van der Waals surface area contributed by atoms with Crippen LogP contribution in [-0.4, -0.2) is 36.9 Å². The highest BCUT2D eigenvalue weighted by molar-refractivity contribution is 7.14. The molecule has 27 heavy (non-hydrogen) atoms. The molecule has 0 aliphatic heterocycles. The molecule has 0 unspecified atom stereocenters. The first kappa shape index (κ1) is 19.4. The first-order valence-electron chi connectivity index (χ1n) is 9.46. The van der Waals surface area contributed by atoms with Gasteiger partial charge in [-0.1, -0.05) is 18.6 Å². The van der Waals surface area contributed by atoms with Gasteiger partial charge in [-0.25, -0.2) is 0 Å². The van der Waals surface area contributed by atoms with E-state index < -0.39 is 0 Å². The standard InChI is InChI=1S/C21H26N2O3S/c1-3-23(14-20(24)22-16-10-7-8-11-17(16)26-2)21(25)19-13-15-9-5-4-6-12-18(15)27-19/h7-8,10-11,13H,3-6,9,12,14H2,1-2H3,(H,22,24). The van der Waals surface area contributed by atoms with Crippen LogP contribution in [0.2, 0.25) is 0 Å². The average Bonchev–Trinajstić information content (AvgIpc) is 2.96. The second-order valence-corrected chi connectivity index (χ2v) is 7.82. The molecule has 5 nitrogen and oxygen atoms in total. The van der Waals surface area contributed by atoms with Crippen molar-refractivity contribution in [3.8, 4) is 5.75 Å².